The first-order valence-corrected chi connectivity index (χ1v) is 17.8. The summed E-state index contributed by atoms with van der Waals surface area (Å²) in [6.45, 7) is 12.6. The maximum absolute atomic E-state index is 5.13. The molecule has 0 saturated heterocycles. The van der Waals surface area contributed by atoms with E-state index < -0.39 is 0 Å². The summed E-state index contributed by atoms with van der Waals surface area (Å²) in [5, 5.41) is 7.02. The van der Waals surface area contributed by atoms with E-state index in [0.29, 0.717) is 17.5 Å². The molecule has 53 heavy (non-hydrogen) atoms. The van der Waals surface area contributed by atoms with Gasteiger partial charge >= 0.3 is 0 Å². The Morgan fingerprint density at radius 1 is 0.623 bits per heavy atom. The number of rotatable bonds is 9. The van der Waals surface area contributed by atoms with Gasteiger partial charge in [-0.25, -0.2) is 15.0 Å². The summed E-state index contributed by atoms with van der Waals surface area (Å²) in [5.41, 5.74) is 7.95. The molecule has 0 aliphatic carbocycles. The van der Waals surface area contributed by atoms with Gasteiger partial charge in [-0.05, 0) is 58.9 Å². The third-order valence-corrected chi connectivity index (χ3v) is 9.68. The Bertz CT molecular complexity index is 2830. The lowest BCUT2D eigenvalue weighted by Gasteiger charge is -2.15. The van der Waals surface area contributed by atoms with Crippen molar-refractivity contribution >= 4 is 60.2 Å². The lowest BCUT2D eigenvalue weighted by molar-refractivity contribution is 1.03. The molecule has 0 N–H and O–H groups in total. The van der Waals surface area contributed by atoms with E-state index >= 15 is 0 Å². The van der Waals surface area contributed by atoms with E-state index in [0.717, 1.165) is 49.8 Å². The standard InChI is InChI=1S/C49H38N4/c1-5-7-9-18-34(4)47-50-48(37-21-10-8-11-22-37)52-49(51-47)45-39(31-28-35-19-12-14-23-40(35)45)33(3)27-30-38(6-2)53-44-26-17-16-25-42(44)43-32-29-36-20-13-15-24-41(36)46(43)53/h5-32H,1,3H2,2,4H3/b9-7-,30-27-,34-18+,38-6+. The second-order valence-corrected chi connectivity index (χ2v) is 13.0. The van der Waals surface area contributed by atoms with E-state index in [2.05, 4.69) is 140 Å². The van der Waals surface area contributed by atoms with E-state index in [-0.39, 0.29) is 0 Å². The third kappa shape index (κ3) is 6.21. The molecule has 0 amide bonds. The molecule has 0 saturated carbocycles. The fraction of sp³-hybridized carbons (Fsp3) is 0.0408. The number of hydrogen-bond donors (Lipinski definition) is 0. The van der Waals surface area contributed by atoms with E-state index in [9.17, 15) is 0 Å². The van der Waals surface area contributed by atoms with Gasteiger partial charge in [-0.2, -0.15) is 0 Å². The van der Waals surface area contributed by atoms with Crippen molar-refractivity contribution in [2.45, 2.75) is 13.8 Å². The Hall–Kier alpha value is -6.91. The van der Waals surface area contributed by atoms with Crippen molar-refractivity contribution in [1.82, 2.24) is 19.5 Å². The smallest absolute Gasteiger partial charge is 0.165 e. The second kappa shape index (κ2) is 14.4. The molecule has 2 aromatic heterocycles. The van der Waals surface area contributed by atoms with Crippen LogP contribution in [0.3, 0.4) is 0 Å². The van der Waals surface area contributed by atoms with Crippen LogP contribution in [-0.2, 0) is 0 Å². The van der Waals surface area contributed by atoms with Crippen LogP contribution in [0.1, 0.15) is 25.2 Å². The zero-order chi connectivity index (χ0) is 36.3. The topological polar surface area (TPSA) is 43.6 Å². The van der Waals surface area contributed by atoms with Gasteiger partial charge in [-0.1, -0.05) is 171 Å². The molecule has 4 heteroatoms. The number of nitrogens with zero attached hydrogens (tertiary/aromatic N) is 4. The van der Waals surface area contributed by atoms with Crippen LogP contribution in [-0.4, -0.2) is 19.5 Å². The quantitative estimate of drug-likeness (QED) is 0.142. The molecular formula is C49H38N4. The molecule has 0 fully saturated rings. The summed E-state index contributed by atoms with van der Waals surface area (Å²) in [6, 6.07) is 44.4. The summed E-state index contributed by atoms with van der Waals surface area (Å²) < 4.78 is 2.37. The first kappa shape index (κ1) is 33.2. The van der Waals surface area contributed by atoms with Crippen molar-refractivity contribution in [2.24, 2.45) is 0 Å². The van der Waals surface area contributed by atoms with E-state index in [1.807, 2.05) is 55.5 Å². The van der Waals surface area contributed by atoms with Crippen LogP contribution in [0.25, 0.3) is 83.0 Å². The van der Waals surface area contributed by atoms with Crippen molar-refractivity contribution in [3.05, 3.63) is 194 Å². The maximum Gasteiger partial charge on any atom is 0.165 e. The molecule has 0 bridgehead atoms. The van der Waals surface area contributed by atoms with Gasteiger partial charge in [-0.15, -0.1) is 0 Å². The molecule has 0 aliphatic heterocycles. The van der Waals surface area contributed by atoms with Crippen LogP contribution in [0.2, 0.25) is 0 Å². The Morgan fingerprint density at radius 3 is 2.06 bits per heavy atom. The van der Waals surface area contributed by atoms with Crippen molar-refractivity contribution in [3.8, 4) is 22.8 Å². The van der Waals surface area contributed by atoms with E-state index in [1.165, 1.54) is 27.1 Å². The van der Waals surface area contributed by atoms with Gasteiger partial charge in [0.25, 0.3) is 0 Å². The molecule has 8 rings (SSSR count). The number of allylic oxidation sites excluding steroid dienone is 10. The fourth-order valence-electron chi connectivity index (χ4n) is 7.09. The number of fused-ring (bicyclic) bond motifs is 6. The Labute approximate surface area is 309 Å². The fourth-order valence-corrected chi connectivity index (χ4v) is 7.09. The van der Waals surface area contributed by atoms with Gasteiger partial charge in [0.1, 0.15) is 0 Å². The van der Waals surface area contributed by atoms with Gasteiger partial charge in [0.05, 0.1) is 11.0 Å². The highest BCUT2D eigenvalue weighted by Gasteiger charge is 2.19. The maximum atomic E-state index is 5.13. The van der Waals surface area contributed by atoms with Crippen molar-refractivity contribution < 1.29 is 0 Å². The lowest BCUT2D eigenvalue weighted by Crippen LogP contribution is -2.03. The SMILES string of the molecule is C=C/C=C\C=C(/C)c1nc(-c2ccccc2)nc(-c2c(C(=C)/C=C\C(=C/C)n3c4ccccc4c4ccc5ccccc5c43)ccc3ccccc23)n1. The molecule has 0 spiro atoms. The Morgan fingerprint density at radius 2 is 1.28 bits per heavy atom. The average Bonchev–Trinajstić information content (AvgIpc) is 3.55. The molecular weight excluding hydrogens is 645 g/mol. The van der Waals surface area contributed by atoms with Crippen LogP contribution in [0.5, 0.6) is 0 Å². The van der Waals surface area contributed by atoms with Crippen molar-refractivity contribution in [1.29, 1.82) is 0 Å². The van der Waals surface area contributed by atoms with Gasteiger partial charge in [0, 0.05) is 33.0 Å². The van der Waals surface area contributed by atoms with Crippen LogP contribution < -0.4 is 0 Å². The van der Waals surface area contributed by atoms with Crippen LogP contribution in [0, 0.1) is 0 Å². The summed E-state index contributed by atoms with van der Waals surface area (Å²) in [7, 11) is 0. The highest BCUT2D eigenvalue weighted by Crippen LogP contribution is 2.38. The molecule has 6 aromatic carbocycles. The predicted molar refractivity (Wildman–Crippen MR) is 226 cm³/mol. The van der Waals surface area contributed by atoms with Crippen molar-refractivity contribution in [3.63, 3.8) is 0 Å². The zero-order valence-electron chi connectivity index (χ0n) is 29.9. The highest BCUT2D eigenvalue weighted by molar-refractivity contribution is 6.19. The molecule has 0 atom stereocenters. The minimum absolute atomic E-state index is 0.593. The molecule has 2 heterocycles. The van der Waals surface area contributed by atoms with Crippen LogP contribution in [0.4, 0.5) is 0 Å². The lowest BCUT2D eigenvalue weighted by atomic mass is 9.93. The average molecular weight is 683 g/mol. The number of para-hydroxylation sites is 1. The van der Waals surface area contributed by atoms with E-state index in [4.69, 9.17) is 15.0 Å². The molecule has 4 nitrogen and oxygen atoms in total. The summed E-state index contributed by atoms with van der Waals surface area (Å²) in [4.78, 5) is 15.2. The number of hydrogen-bond acceptors (Lipinski definition) is 3. The molecule has 0 unspecified atom stereocenters. The first-order valence-electron chi connectivity index (χ1n) is 17.8. The number of benzene rings is 6. The molecule has 0 radical (unpaired) electrons. The van der Waals surface area contributed by atoms with Gasteiger partial charge < -0.3 is 4.57 Å². The normalized spacial score (nSPS) is 12.6. The highest BCUT2D eigenvalue weighted by atomic mass is 15.0. The Kier molecular flexibility index (Phi) is 9.02. The van der Waals surface area contributed by atoms with Crippen LogP contribution >= 0.6 is 0 Å². The van der Waals surface area contributed by atoms with Gasteiger partial charge in [0.2, 0.25) is 0 Å². The minimum Gasteiger partial charge on any atom is -0.309 e. The van der Waals surface area contributed by atoms with Gasteiger partial charge in [-0.3, -0.25) is 0 Å². The minimum atomic E-state index is 0.593. The van der Waals surface area contributed by atoms with Crippen LogP contribution in [0.15, 0.2) is 183 Å². The molecule has 8 aromatic rings. The molecule has 254 valence electrons. The monoisotopic (exact) mass is 682 g/mol. The zero-order valence-corrected chi connectivity index (χ0v) is 29.9. The van der Waals surface area contributed by atoms with E-state index in [1.54, 1.807) is 6.08 Å². The largest absolute Gasteiger partial charge is 0.309 e. The first-order chi connectivity index (χ1) is 26.1. The second-order valence-electron chi connectivity index (χ2n) is 13.0. The predicted octanol–water partition coefficient (Wildman–Crippen LogP) is 12.9. The van der Waals surface area contributed by atoms with Crippen molar-refractivity contribution in [2.75, 3.05) is 0 Å². The Balaban J connectivity index is 1.29. The summed E-state index contributed by atoms with van der Waals surface area (Å²) in [6.07, 6.45) is 14.0. The summed E-state index contributed by atoms with van der Waals surface area (Å²) >= 11 is 0. The number of aromatic nitrogens is 4. The van der Waals surface area contributed by atoms with Gasteiger partial charge in [0.15, 0.2) is 17.5 Å². The molecule has 0 aliphatic rings. The summed E-state index contributed by atoms with van der Waals surface area (Å²) in [5.74, 6) is 1.81. The third-order valence-electron chi connectivity index (χ3n) is 9.68.